The molecule has 1 aliphatic carbocycles. The first-order valence-electron chi connectivity index (χ1n) is 6.91. The van der Waals surface area contributed by atoms with Gasteiger partial charge in [0.1, 0.15) is 5.78 Å². The largest absolute Gasteiger partial charge is 0.299 e. The zero-order valence-electron chi connectivity index (χ0n) is 11.5. The van der Waals surface area contributed by atoms with Gasteiger partial charge in [-0.15, -0.1) is 0 Å². The fraction of sp³-hybridized carbons (Fsp3) is 0.933. The van der Waals surface area contributed by atoms with Crippen LogP contribution in [0.3, 0.4) is 0 Å². The number of hydrogen-bond acceptors (Lipinski definition) is 1. The average Bonchev–Trinajstić information content (AvgIpc) is 2.16. The van der Waals surface area contributed by atoms with E-state index in [-0.39, 0.29) is 0 Å². The van der Waals surface area contributed by atoms with Crippen LogP contribution in [0.2, 0.25) is 0 Å². The second kappa shape index (κ2) is 5.84. The molecule has 1 fully saturated rings. The average molecular weight is 224 g/mol. The highest BCUT2D eigenvalue weighted by Crippen LogP contribution is 2.30. The summed E-state index contributed by atoms with van der Waals surface area (Å²) < 4.78 is 0. The second-order valence-corrected chi connectivity index (χ2v) is 6.88. The highest BCUT2D eigenvalue weighted by molar-refractivity contribution is 5.81. The van der Waals surface area contributed by atoms with Gasteiger partial charge in [-0.3, -0.25) is 4.79 Å². The Hall–Kier alpha value is -0.330. The minimum atomic E-state index is 0.353. The summed E-state index contributed by atoms with van der Waals surface area (Å²) in [6.45, 7) is 9.00. The summed E-state index contributed by atoms with van der Waals surface area (Å²) in [6.07, 6.45) is 8.14. The normalized spacial score (nSPS) is 20.8. The van der Waals surface area contributed by atoms with Gasteiger partial charge in [0, 0.05) is 12.3 Å². The molecule has 1 rings (SSSR count). The first kappa shape index (κ1) is 13.7. The van der Waals surface area contributed by atoms with Crippen LogP contribution in [0.5, 0.6) is 0 Å². The third kappa shape index (κ3) is 5.14. The van der Waals surface area contributed by atoms with Crippen molar-refractivity contribution in [2.24, 2.45) is 17.3 Å². The molecule has 0 aromatic heterocycles. The van der Waals surface area contributed by atoms with Gasteiger partial charge in [-0.1, -0.05) is 47.0 Å². The van der Waals surface area contributed by atoms with Gasteiger partial charge in [-0.05, 0) is 30.6 Å². The van der Waals surface area contributed by atoms with Crippen LogP contribution in [0.15, 0.2) is 0 Å². The molecule has 0 heterocycles. The predicted octanol–water partition coefficient (Wildman–Crippen LogP) is 4.60. The molecular formula is C15H28O. The van der Waals surface area contributed by atoms with Gasteiger partial charge < -0.3 is 0 Å². The number of hydrogen-bond donors (Lipinski definition) is 0. The van der Waals surface area contributed by atoms with Gasteiger partial charge in [0.05, 0.1) is 0 Å². The number of Topliss-reactive ketones (excluding diaryl/α,β-unsaturated/α-hetero) is 1. The van der Waals surface area contributed by atoms with E-state index in [4.69, 9.17) is 0 Å². The van der Waals surface area contributed by atoms with E-state index in [9.17, 15) is 4.79 Å². The van der Waals surface area contributed by atoms with Crippen LogP contribution >= 0.6 is 0 Å². The molecule has 0 N–H and O–H groups in total. The van der Waals surface area contributed by atoms with Crippen LogP contribution in [0.1, 0.15) is 72.6 Å². The van der Waals surface area contributed by atoms with Crippen molar-refractivity contribution in [1.29, 1.82) is 0 Å². The van der Waals surface area contributed by atoms with E-state index in [2.05, 4.69) is 27.7 Å². The minimum Gasteiger partial charge on any atom is -0.299 e. The number of rotatable bonds is 4. The Morgan fingerprint density at radius 3 is 2.25 bits per heavy atom. The summed E-state index contributed by atoms with van der Waals surface area (Å²) in [5.41, 5.74) is 0.353. The van der Waals surface area contributed by atoms with Gasteiger partial charge in [0.15, 0.2) is 0 Å². The third-order valence-corrected chi connectivity index (χ3v) is 3.57. The lowest BCUT2D eigenvalue weighted by Gasteiger charge is -2.25. The van der Waals surface area contributed by atoms with Crippen LogP contribution in [0.4, 0.5) is 0 Å². The maximum absolute atomic E-state index is 12.1. The summed E-state index contributed by atoms with van der Waals surface area (Å²) in [6, 6.07) is 0. The molecule has 0 radical (unpaired) electrons. The van der Waals surface area contributed by atoms with E-state index in [0.29, 0.717) is 23.0 Å². The van der Waals surface area contributed by atoms with Crippen molar-refractivity contribution in [3.63, 3.8) is 0 Å². The lowest BCUT2D eigenvalue weighted by molar-refractivity contribution is -0.124. The Morgan fingerprint density at radius 2 is 1.75 bits per heavy atom. The molecule has 1 heteroatoms. The molecule has 1 atom stereocenters. The molecule has 0 bridgehead atoms. The van der Waals surface area contributed by atoms with Crippen LogP contribution < -0.4 is 0 Å². The van der Waals surface area contributed by atoms with Gasteiger partial charge in [-0.25, -0.2) is 0 Å². The van der Waals surface area contributed by atoms with Crippen LogP contribution in [0.25, 0.3) is 0 Å². The molecule has 0 aromatic carbocycles. The molecule has 0 saturated heterocycles. The molecule has 0 aliphatic heterocycles. The zero-order chi connectivity index (χ0) is 12.2. The van der Waals surface area contributed by atoms with Crippen molar-refractivity contribution in [3.8, 4) is 0 Å². The molecule has 0 spiro atoms. The Morgan fingerprint density at radius 1 is 1.19 bits per heavy atom. The summed E-state index contributed by atoms with van der Waals surface area (Å²) in [5, 5.41) is 0. The molecule has 1 nitrogen and oxygen atoms in total. The van der Waals surface area contributed by atoms with Gasteiger partial charge in [0.2, 0.25) is 0 Å². The van der Waals surface area contributed by atoms with Crippen molar-refractivity contribution >= 4 is 5.78 Å². The van der Waals surface area contributed by atoms with Crippen molar-refractivity contribution in [3.05, 3.63) is 0 Å². The van der Waals surface area contributed by atoms with Crippen molar-refractivity contribution in [2.75, 3.05) is 0 Å². The Labute approximate surface area is 101 Å². The lowest BCUT2D eigenvalue weighted by Crippen LogP contribution is -2.21. The van der Waals surface area contributed by atoms with E-state index in [1.54, 1.807) is 0 Å². The molecule has 1 saturated carbocycles. The maximum Gasteiger partial charge on any atom is 0.136 e. The van der Waals surface area contributed by atoms with Crippen LogP contribution in [-0.2, 0) is 4.79 Å². The first-order chi connectivity index (χ1) is 7.38. The first-order valence-corrected chi connectivity index (χ1v) is 6.91. The molecule has 0 aromatic rings. The van der Waals surface area contributed by atoms with Gasteiger partial charge in [-0.2, -0.15) is 0 Å². The van der Waals surface area contributed by atoms with E-state index >= 15 is 0 Å². The molecule has 1 unspecified atom stereocenters. The van der Waals surface area contributed by atoms with Crippen molar-refractivity contribution < 1.29 is 4.79 Å². The second-order valence-electron chi connectivity index (χ2n) is 6.88. The summed E-state index contributed by atoms with van der Waals surface area (Å²) in [5.74, 6) is 1.49. The number of ketones is 1. The van der Waals surface area contributed by atoms with E-state index < -0.39 is 0 Å². The fourth-order valence-corrected chi connectivity index (χ4v) is 3.05. The van der Waals surface area contributed by atoms with Gasteiger partial charge >= 0.3 is 0 Å². The molecule has 1 aliphatic rings. The summed E-state index contributed by atoms with van der Waals surface area (Å²) in [7, 11) is 0. The maximum atomic E-state index is 12.1. The van der Waals surface area contributed by atoms with Crippen LogP contribution in [0, 0.1) is 17.3 Å². The predicted molar refractivity (Wildman–Crippen MR) is 69.4 cm³/mol. The quantitative estimate of drug-likeness (QED) is 0.682. The SMILES string of the molecule is CC(CC(=O)C1CCCCC1)CC(C)(C)C. The Bertz CT molecular complexity index is 218. The topological polar surface area (TPSA) is 17.1 Å². The Kier molecular flexibility index (Phi) is 5.01. The standard InChI is InChI=1S/C15H28O/c1-12(11-15(2,3)4)10-14(16)13-8-6-5-7-9-13/h12-13H,5-11H2,1-4H3. The van der Waals surface area contributed by atoms with Gasteiger partial charge in [0.25, 0.3) is 0 Å². The summed E-state index contributed by atoms with van der Waals surface area (Å²) >= 11 is 0. The molecule has 0 amide bonds. The van der Waals surface area contributed by atoms with E-state index in [0.717, 1.165) is 25.7 Å². The fourth-order valence-electron chi connectivity index (χ4n) is 3.05. The summed E-state index contributed by atoms with van der Waals surface area (Å²) in [4.78, 5) is 12.1. The number of carbonyl (C=O) groups is 1. The molecule has 94 valence electrons. The highest BCUT2D eigenvalue weighted by atomic mass is 16.1. The molecule has 16 heavy (non-hydrogen) atoms. The Balaban J connectivity index is 2.32. The molecular weight excluding hydrogens is 196 g/mol. The van der Waals surface area contributed by atoms with E-state index in [1.807, 2.05) is 0 Å². The smallest absolute Gasteiger partial charge is 0.136 e. The zero-order valence-corrected chi connectivity index (χ0v) is 11.5. The third-order valence-electron chi connectivity index (χ3n) is 3.57. The monoisotopic (exact) mass is 224 g/mol. The lowest BCUT2D eigenvalue weighted by atomic mass is 9.79. The number of carbonyl (C=O) groups excluding carboxylic acids is 1. The van der Waals surface area contributed by atoms with Crippen molar-refractivity contribution in [2.45, 2.75) is 72.6 Å². The van der Waals surface area contributed by atoms with E-state index in [1.165, 1.54) is 19.3 Å². The highest BCUT2D eigenvalue weighted by Gasteiger charge is 2.24. The van der Waals surface area contributed by atoms with Crippen LogP contribution in [-0.4, -0.2) is 5.78 Å². The van der Waals surface area contributed by atoms with Crippen molar-refractivity contribution in [1.82, 2.24) is 0 Å². The minimum absolute atomic E-state index is 0.353.